The maximum Gasteiger partial charge on any atom is 0.435 e. The second-order valence-electron chi connectivity index (χ2n) is 5.73. The predicted octanol–water partition coefficient (Wildman–Crippen LogP) is 2.57. The van der Waals surface area contributed by atoms with E-state index >= 15 is 0 Å². The van der Waals surface area contributed by atoms with Crippen molar-refractivity contribution in [1.82, 2.24) is 20.2 Å². The Morgan fingerprint density at radius 3 is 2.50 bits per heavy atom. The zero-order valence-corrected chi connectivity index (χ0v) is 14.5. The molecule has 28 heavy (non-hydrogen) atoms. The number of hydrogen-bond acceptors (Lipinski definition) is 4. The van der Waals surface area contributed by atoms with Crippen LogP contribution in [0.3, 0.4) is 0 Å². The van der Waals surface area contributed by atoms with E-state index in [0.29, 0.717) is 5.69 Å². The molecule has 0 atom stereocenters. The van der Waals surface area contributed by atoms with Crippen molar-refractivity contribution in [2.45, 2.75) is 13.1 Å². The molecular formula is C18H14F3N5O2. The van der Waals surface area contributed by atoms with Crippen molar-refractivity contribution in [3.63, 3.8) is 0 Å². The van der Waals surface area contributed by atoms with Gasteiger partial charge in [-0.2, -0.15) is 18.3 Å². The van der Waals surface area contributed by atoms with Crippen LogP contribution in [0.25, 0.3) is 5.69 Å². The Bertz CT molecular complexity index is 1070. The van der Waals surface area contributed by atoms with Crippen LogP contribution in [0, 0.1) is 6.92 Å². The van der Waals surface area contributed by atoms with Crippen molar-refractivity contribution >= 4 is 11.6 Å². The second-order valence-corrected chi connectivity index (χ2v) is 5.73. The lowest BCUT2D eigenvalue weighted by atomic mass is 10.1. The first-order valence-corrected chi connectivity index (χ1v) is 8.01. The summed E-state index contributed by atoms with van der Waals surface area (Å²) in [7, 11) is 0. The molecule has 0 aliphatic carbocycles. The van der Waals surface area contributed by atoms with E-state index in [9.17, 15) is 22.8 Å². The molecule has 3 rings (SSSR count). The number of amides is 1. The molecule has 0 aliphatic heterocycles. The Labute approximate surface area is 156 Å². The number of hydrazone groups is 1. The zero-order valence-electron chi connectivity index (χ0n) is 14.5. The van der Waals surface area contributed by atoms with E-state index < -0.39 is 28.9 Å². The standard InChI is InChI=1S/C18H14F3N5O2/c1-11-14(17(28)26(25-11)13-7-3-2-4-8-13)15(18(19,20)21)23-24-16(27)12-6-5-9-22-10-12/h2-10,25H,1H3,(H,24,27)/b23-15+. The van der Waals surface area contributed by atoms with E-state index in [1.54, 1.807) is 30.3 Å². The van der Waals surface area contributed by atoms with E-state index in [2.05, 4.69) is 15.2 Å². The number of benzene rings is 1. The molecule has 0 spiro atoms. The average molecular weight is 389 g/mol. The summed E-state index contributed by atoms with van der Waals surface area (Å²) in [6, 6.07) is 11.0. The summed E-state index contributed by atoms with van der Waals surface area (Å²) in [6.45, 7) is 1.32. The number of carbonyl (C=O) groups is 1. The summed E-state index contributed by atoms with van der Waals surface area (Å²) in [5.74, 6) is -0.883. The highest BCUT2D eigenvalue weighted by atomic mass is 19.4. The molecule has 2 N–H and O–H groups in total. The summed E-state index contributed by atoms with van der Waals surface area (Å²) >= 11 is 0. The minimum atomic E-state index is -4.97. The Morgan fingerprint density at radius 1 is 1.18 bits per heavy atom. The first-order chi connectivity index (χ1) is 13.3. The van der Waals surface area contributed by atoms with Gasteiger partial charge in [0.2, 0.25) is 0 Å². The maximum atomic E-state index is 13.6. The number of aryl methyl sites for hydroxylation is 1. The van der Waals surface area contributed by atoms with Gasteiger partial charge in [0.25, 0.3) is 11.5 Å². The predicted molar refractivity (Wildman–Crippen MR) is 95.4 cm³/mol. The van der Waals surface area contributed by atoms with Crippen molar-refractivity contribution in [1.29, 1.82) is 0 Å². The molecule has 0 fully saturated rings. The first kappa shape index (κ1) is 19.1. The third kappa shape index (κ3) is 3.85. The van der Waals surface area contributed by atoms with Crippen molar-refractivity contribution in [2.24, 2.45) is 5.10 Å². The maximum absolute atomic E-state index is 13.6. The molecule has 0 bridgehead atoms. The van der Waals surface area contributed by atoms with Gasteiger partial charge in [0.1, 0.15) is 0 Å². The van der Waals surface area contributed by atoms with Gasteiger partial charge < -0.3 is 0 Å². The Hall–Kier alpha value is -3.69. The number of hydrogen-bond donors (Lipinski definition) is 2. The van der Waals surface area contributed by atoms with Gasteiger partial charge in [-0.25, -0.2) is 10.1 Å². The fraction of sp³-hybridized carbons (Fsp3) is 0.111. The van der Waals surface area contributed by atoms with Gasteiger partial charge in [-0.1, -0.05) is 18.2 Å². The van der Waals surface area contributed by atoms with Crippen LogP contribution < -0.4 is 11.0 Å². The van der Waals surface area contributed by atoms with Crippen LogP contribution in [0.2, 0.25) is 0 Å². The topological polar surface area (TPSA) is 92.1 Å². The number of alkyl halides is 3. The molecule has 10 heteroatoms. The Kier molecular flexibility index (Phi) is 5.12. The van der Waals surface area contributed by atoms with Crippen LogP contribution in [-0.4, -0.2) is 32.6 Å². The van der Waals surface area contributed by atoms with Crippen molar-refractivity contribution in [2.75, 3.05) is 0 Å². The minimum absolute atomic E-state index is 0.0280. The number of aromatic nitrogens is 3. The van der Waals surface area contributed by atoms with Crippen LogP contribution >= 0.6 is 0 Å². The van der Waals surface area contributed by atoms with Crippen molar-refractivity contribution in [3.8, 4) is 5.69 Å². The van der Waals surface area contributed by atoms with E-state index in [1.165, 1.54) is 31.5 Å². The first-order valence-electron chi connectivity index (χ1n) is 8.01. The van der Waals surface area contributed by atoms with Crippen molar-refractivity contribution in [3.05, 3.63) is 82.0 Å². The van der Waals surface area contributed by atoms with E-state index in [4.69, 9.17) is 0 Å². The molecule has 0 unspecified atom stereocenters. The molecule has 0 radical (unpaired) electrons. The lowest BCUT2D eigenvalue weighted by molar-refractivity contribution is -0.0584. The lowest BCUT2D eigenvalue weighted by Gasteiger charge is -2.09. The van der Waals surface area contributed by atoms with Crippen LogP contribution in [0.4, 0.5) is 13.2 Å². The molecule has 0 aliphatic rings. The fourth-order valence-corrected chi connectivity index (χ4v) is 2.51. The number of aromatic amines is 1. The number of nitrogens with zero attached hydrogens (tertiary/aromatic N) is 3. The van der Waals surface area contributed by atoms with Crippen LogP contribution in [0.1, 0.15) is 21.6 Å². The van der Waals surface area contributed by atoms with Gasteiger partial charge in [0, 0.05) is 18.1 Å². The zero-order chi connectivity index (χ0) is 20.3. The normalized spacial score (nSPS) is 12.1. The van der Waals surface area contributed by atoms with Gasteiger partial charge in [-0.3, -0.25) is 19.7 Å². The largest absolute Gasteiger partial charge is 0.435 e. The molecule has 1 amide bonds. The van der Waals surface area contributed by atoms with Crippen LogP contribution in [0.15, 0.2) is 64.8 Å². The summed E-state index contributed by atoms with van der Waals surface area (Å²) < 4.78 is 41.7. The highest BCUT2D eigenvalue weighted by Gasteiger charge is 2.41. The number of pyridine rings is 1. The van der Waals surface area contributed by atoms with Gasteiger partial charge in [-0.05, 0) is 31.2 Å². The molecule has 2 aromatic heterocycles. The SMILES string of the molecule is Cc1[nH]n(-c2ccccc2)c(=O)c1/C(=N\NC(=O)c1cccnc1)C(F)(F)F. The number of para-hydroxylation sites is 1. The smallest absolute Gasteiger partial charge is 0.295 e. The quantitative estimate of drug-likeness (QED) is 0.531. The number of rotatable bonds is 4. The highest BCUT2D eigenvalue weighted by molar-refractivity contribution is 6.06. The molecule has 3 aromatic rings. The Morgan fingerprint density at radius 2 is 1.89 bits per heavy atom. The van der Waals surface area contributed by atoms with Crippen molar-refractivity contribution < 1.29 is 18.0 Å². The van der Waals surface area contributed by atoms with Gasteiger partial charge >= 0.3 is 6.18 Å². The molecule has 2 heterocycles. The van der Waals surface area contributed by atoms with Crippen LogP contribution in [-0.2, 0) is 0 Å². The fourth-order valence-electron chi connectivity index (χ4n) is 2.51. The van der Waals surface area contributed by atoms with Gasteiger partial charge in [0.15, 0.2) is 5.71 Å². The Balaban J connectivity index is 2.03. The average Bonchev–Trinajstić information content (AvgIpc) is 2.97. The third-order valence-corrected chi connectivity index (χ3v) is 3.78. The van der Waals surface area contributed by atoms with Crippen LogP contribution in [0.5, 0.6) is 0 Å². The summed E-state index contributed by atoms with van der Waals surface area (Å²) in [6.07, 6.45) is -2.37. The van der Waals surface area contributed by atoms with Gasteiger partial charge in [0.05, 0.1) is 16.8 Å². The monoisotopic (exact) mass is 389 g/mol. The molecule has 7 nitrogen and oxygen atoms in total. The summed E-state index contributed by atoms with van der Waals surface area (Å²) in [5.41, 5.74) is -0.929. The molecule has 0 saturated heterocycles. The second kappa shape index (κ2) is 7.51. The van der Waals surface area contributed by atoms with E-state index in [0.717, 1.165) is 4.68 Å². The number of halogens is 3. The van der Waals surface area contributed by atoms with E-state index in [-0.39, 0.29) is 11.3 Å². The molecular weight excluding hydrogens is 375 g/mol. The number of nitrogens with one attached hydrogen (secondary N) is 2. The number of carbonyl (C=O) groups excluding carboxylic acids is 1. The summed E-state index contributed by atoms with van der Waals surface area (Å²) in [5, 5.41) is 5.80. The van der Waals surface area contributed by atoms with E-state index in [1.807, 2.05) is 5.43 Å². The molecule has 144 valence electrons. The third-order valence-electron chi connectivity index (χ3n) is 3.78. The summed E-state index contributed by atoms with van der Waals surface area (Å²) in [4.78, 5) is 28.3. The highest BCUT2D eigenvalue weighted by Crippen LogP contribution is 2.22. The number of H-pyrrole nitrogens is 1. The lowest BCUT2D eigenvalue weighted by Crippen LogP contribution is -2.33. The minimum Gasteiger partial charge on any atom is -0.295 e. The van der Waals surface area contributed by atoms with Gasteiger partial charge in [-0.15, -0.1) is 0 Å². The molecule has 0 saturated carbocycles. The molecule has 1 aromatic carbocycles.